The summed E-state index contributed by atoms with van der Waals surface area (Å²) in [6.07, 6.45) is 5.16. The second-order valence-corrected chi connectivity index (χ2v) is 7.03. The number of benzene rings is 3. The van der Waals surface area contributed by atoms with Gasteiger partial charge in [0.05, 0.1) is 0 Å². The van der Waals surface area contributed by atoms with Crippen molar-refractivity contribution in [1.29, 1.82) is 0 Å². The van der Waals surface area contributed by atoms with Crippen LogP contribution in [0.4, 0.5) is 5.69 Å². The molecule has 1 heterocycles. The minimum atomic E-state index is -0.258. The molecule has 0 radical (unpaired) electrons. The lowest BCUT2D eigenvalue weighted by Crippen LogP contribution is -2.20. The zero-order chi connectivity index (χ0) is 21.5. The molecule has 1 N–H and O–H groups in total. The van der Waals surface area contributed by atoms with Gasteiger partial charge in [0.1, 0.15) is 18.5 Å². The van der Waals surface area contributed by atoms with Crippen molar-refractivity contribution in [2.24, 2.45) is 9.98 Å². The maximum Gasteiger partial charge on any atom is 0.262 e. The SMILES string of the molecule is CC1N=CC=CCOC(c2cccc(NC(=O)COc3ccc4ccccc4c3)c2)=N1. The number of rotatable bonds is 5. The van der Waals surface area contributed by atoms with Crippen molar-refractivity contribution >= 4 is 34.5 Å². The second-order valence-electron chi connectivity index (χ2n) is 7.03. The van der Waals surface area contributed by atoms with Crippen LogP contribution in [0.25, 0.3) is 10.8 Å². The average Bonchev–Trinajstić information content (AvgIpc) is 2.89. The topological polar surface area (TPSA) is 72.3 Å². The van der Waals surface area contributed by atoms with Gasteiger partial charge in [-0.2, -0.15) is 0 Å². The van der Waals surface area contributed by atoms with Crippen molar-refractivity contribution in [2.45, 2.75) is 13.1 Å². The number of anilines is 1. The first-order valence-electron chi connectivity index (χ1n) is 10.1. The van der Waals surface area contributed by atoms with Gasteiger partial charge in [0.15, 0.2) is 6.61 Å². The largest absolute Gasteiger partial charge is 0.484 e. The van der Waals surface area contributed by atoms with E-state index in [1.54, 1.807) is 6.21 Å². The van der Waals surface area contributed by atoms with Crippen molar-refractivity contribution in [3.63, 3.8) is 0 Å². The Morgan fingerprint density at radius 1 is 1.10 bits per heavy atom. The van der Waals surface area contributed by atoms with Gasteiger partial charge in [-0.25, -0.2) is 4.99 Å². The van der Waals surface area contributed by atoms with Crippen LogP contribution in [0.1, 0.15) is 12.5 Å². The summed E-state index contributed by atoms with van der Waals surface area (Å²) in [6.45, 7) is 2.19. The van der Waals surface area contributed by atoms with Crippen LogP contribution in [0.5, 0.6) is 5.75 Å². The first kappa shape index (κ1) is 20.3. The Labute approximate surface area is 180 Å². The molecule has 3 aromatic rings. The lowest BCUT2D eigenvalue weighted by Gasteiger charge is -2.12. The van der Waals surface area contributed by atoms with E-state index in [-0.39, 0.29) is 18.7 Å². The molecule has 156 valence electrons. The number of carbonyl (C=O) groups is 1. The molecule has 0 saturated heterocycles. The van der Waals surface area contributed by atoms with Crippen molar-refractivity contribution in [2.75, 3.05) is 18.5 Å². The average molecular weight is 413 g/mol. The van der Waals surface area contributed by atoms with Gasteiger partial charge < -0.3 is 14.8 Å². The number of nitrogens with zero attached hydrogens (tertiary/aromatic N) is 2. The number of hydrogen-bond acceptors (Lipinski definition) is 5. The lowest BCUT2D eigenvalue weighted by atomic mass is 10.1. The molecule has 0 bridgehead atoms. The van der Waals surface area contributed by atoms with E-state index >= 15 is 0 Å². The Bertz CT molecular complexity index is 1170. The molecule has 1 atom stereocenters. The Balaban J connectivity index is 1.40. The molecule has 0 aromatic heterocycles. The molecule has 1 aliphatic rings. The first-order valence-corrected chi connectivity index (χ1v) is 10.1. The van der Waals surface area contributed by atoms with E-state index in [0.29, 0.717) is 23.9 Å². The van der Waals surface area contributed by atoms with E-state index in [1.165, 1.54) is 0 Å². The minimum absolute atomic E-state index is 0.0867. The predicted octanol–water partition coefficient (Wildman–Crippen LogP) is 4.61. The van der Waals surface area contributed by atoms with Gasteiger partial charge in [-0.1, -0.05) is 36.4 Å². The van der Waals surface area contributed by atoms with Crippen LogP contribution in [-0.4, -0.2) is 37.4 Å². The van der Waals surface area contributed by atoms with E-state index in [0.717, 1.165) is 16.3 Å². The number of carbonyl (C=O) groups excluding carboxylic acids is 1. The van der Waals surface area contributed by atoms with Gasteiger partial charge in [-0.05, 0) is 60.2 Å². The van der Waals surface area contributed by atoms with Crippen LogP contribution < -0.4 is 10.1 Å². The summed E-state index contributed by atoms with van der Waals surface area (Å²) < 4.78 is 11.4. The van der Waals surface area contributed by atoms with Crippen molar-refractivity contribution in [3.8, 4) is 5.75 Å². The van der Waals surface area contributed by atoms with E-state index < -0.39 is 0 Å². The number of hydrogen-bond donors (Lipinski definition) is 1. The van der Waals surface area contributed by atoms with Crippen LogP contribution >= 0.6 is 0 Å². The number of allylic oxidation sites excluding steroid dienone is 1. The predicted molar refractivity (Wildman–Crippen MR) is 124 cm³/mol. The number of nitrogens with one attached hydrogen (secondary N) is 1. The molecule has 0 spiro atoms. The zero-order valence-corrected chi connectivity index (χ0v) is 17.2. The van der Waals surface area contributed by atoms with Gasteiger partial charge in [0.2, 0.25) is 5.90 Å². The Morgan fingerprint density at radius 3 is 2.87 bits per heavy atom. The van der Waals surface area contributed by atoms with E-state index in [4.69, 9.17) is 9.47 Å². The van der Waals surface area contributed by atoms with Crippen LogP contribution in [0, 0.1) is 0 Å². The molecule has 1 aliphatic heterocycles. The molecule has 1 amide bonds. The number of ether oxygens (including phenoxy) is 2. The van der Waals surface area contributed by atoms with E-state index in [2.05, 4.69) is 15.3 Å². The standard InChI is InChI=1S/C25H23N3O3/c1-18-26-13-4-5-14-30-25(27-18)21-9-6-10-22(15-21)28-24(29)17-31-23-12-11-19-7-2-3-8-20(19)16-23/h2-13,15-16,18H,14,17H2,1H3,(H,28,29). The molecule has 6 nitrogen and oxygen atoms in total. The Hall–Kier alpha value is -3.93. The number of amides is 1. The molecular formula is C25H23N3O3. The van der Waals surface area contributed by atoms with Crippen LogP contribution in [0.3, 0.4) is 0 Å². The summed E-state index contributed by atoms with van der Waals surface area (Å²) in [5.41, 5.74) is 1.41. The van der Waals surface area contributed by atoms with Gasteiger partial charge in [0.25, 0.3) is 5.91 Å². The fourth-order valence-electron chi connectivity index (χ4n) is 3.15. The molecule has 0 saturated carbocycles. The third-order valence-electron chi connectivity index (χ3n) is 4.63. The highest BCUT2D eigenvalue weighted by molar-refractivity contribution is 5.97. The zero-order valence-electron chi connectivity index (χ0n) is 17.2. The van der Waals surface area contributed by atoms with Crippen molar-refractivity contribution in [3.05, 3.63) is 84.4 Å². The molecule has 31 heavy (non-hydrogen) atoms. The molecule has 0 aliphatic carbocycles. The van der Waals surface area contributed by atoms with Crippen LogP contribution in [0.2, 0.25) is 0 Å². The highest BCUT2D eigenvalue weighted by Gasteiger charge is 2.10. The normalized spacial score (nSPS) is 15.9. The molecular weight excluding hydrogens is 390 g/mol. The van der Waals surface area contributed by atoms with E-state index in [1.807, 2.05) is 85.8 Å². The van der Waals surface area contributed by atoms with Gasteiger partial charge in [-0.3, -0.25) is 9.79 Å². The highest BCUT2D eigenvalue weighted by atomic mass is 16.5. The Morgan fingerprint density at radius 2 is 1.97 bits per heavy atom. The summed E-state index contributed by atoms with van der Waals surface area (Å²) in [4.78, 5) is 21.2. The highest BCUT2D eigenvalue weighted by Crippen LogP contribution is 2.20. The molecule has 3 aromatic carbocycles. The van der Waals surface area contributed by atoms with Crippen LogP contribution in [-0.2, 0) is 9.53 Å². The smallest absolute Gasteiger partial charge is 0.262 e. The Kier molecular flexibility index (Phi) is 6.38. The third kappa shape index (κ3) is 5.57. The van der Waals surface area contributed by atoms with Crippen molar-refractivity contribution < 1.29 is 14.3 Å². The third-order valence-corrected chi connectivity index (χ3v) is 4.63. The molecule has 1 unspecified atom stereocenters. The quantitative estimate of drug-likeness (QED) is 0.664. The maximum atomic E-state index is 12.4. The maximum absolute atomic E-state index is 12.4. The van der Waals surface area contributed by atoms with E-state index in [9.17, 15) is 4.79 Å². The van der Waals surface area contributed by atoms with Crippen molar-refractivity contribution in [1.82, 2.24) is 0 Å². The summed E-state index contributed by atoms with van der Waals surface area (Å²) in [7, 11) is 0. The number of fused-ring (bicyclic) bond motifs is 1. The van der Waals surface area contributed by atoms with Gasteiger partial charge in [0, 0.05) is 17.5 Å². The summed E-state index contributed by atoms with van der Waals surface area (Å²) in [5.74, 6) is 0.891. The molecule has 0 fully saturated rings. The summed E-state index contributed by atoms with van der Waals surface area (Å²) in [5, 5.41) is 5.06. The fourth-order valence-corrected chi connectivity index (χ4v) is 3.15. The first-order chi connectivity index (χ1) is 15.2. The fraction of sp³-hybridized carbons (Fsp3) is 0.160. The monoisotopic (exact) mass is 413 g/mol. The summed E-state index contributed by atoms with van der Waals surface area (Å²) >= 11 is 0. The molecule has 4 rings (SSSR count). The number of aliphatic imine (C=N–C) groups is 2. The van der Waals surface area contributed by atoms with Gasteiger partial charge >= 0.3 is 0 Å². The second kappa shape index (κ2) is 9.71. The van der Waals surface area contributed by atoms with Gasteiger partial charge in [-0.15, -0.1) is 0 Å². The minimum Gasteiger partial charge on any atom is -0.484 e. The lowest BCUT2D eigenvalue weighted by molar-refractivity contribution is -0.118. The molecule has 6 heteroatoms. The van der Waals surface area contributed by atoms with Crippen LogP contribution in [0.15, 0.2) is 88.9 Å². The summed E-state index contributed by atoms with van der Waals surface area (Å²) in [6, 6.07) is 21.1.